The molecular formula is C16H21N3O3. The lowest BCUT2D eigenvalue weighted by atomic mass is 10.1. The maximum atomic E-state index is 12.2. The van der Waals surface area contributed by atoms with Crippen LogP contribution in [0.3, 0.4) is 0 Å². The number of para-hydroxylation sites is 1. The fraction of sp³-hybridized carbons (Fsp3) is 0.500. The van der Waals surface area contributed by atoms with Crippen LogP contribution in [0.15, 0.2) is 28.8 Å². The van der Waals surface area contributed by atoms with Gasteiger partial charge in [0.25, 0.3) is 0 Å². The number of amides is 1. The van der Waals surface area contributed by atoms with Crippen LogP contribution in [0.2, 0.25) is 0 Å². The predicted octanol–water partition coefficient (Wildman–Crippen LogP) is 2.71. The van der Waals surface area contributed by atoms with E-state index in [4.69, 9.17) is 9.26 Å². The maximum absolute atomic E-state index is 12.2. The molecule has 2 heterocycles. The molecule has 1 aliphatic rings. The van der Waals surface area contributed by atoms with Crippen LogP contribution in [0, 0.1) is 0 Å². The number of fused-ring (bicyclic) bond motifs is 1. The Bertz CT molecular complexity index is 675. The third kappa shape index (κ3) is 3.06. The topological polar surface area (TPSA) is 67.6 Å². The number of hydrogen-bond donors (Lipinski definition) is 1. The molecule has 1 aromatic carbocycles. The number of ether oxygens (including phenoxy) is 1. The van der Waals surface area contributed by atoms with Gasteiger partial charge in [0.15, 0.2) is 5.58 Å². The van der Waals surface area contributed by atoms with E-state index >= 15 is 0 Å². The second-order valence-corrected chi connectivity index (χ2v) is 6.50. The molecule has 0 bridgehead atoms. The first-order valence-electron chi connectivity index (χ1n) is 7.50. The number of carbonyl (C=O) groups is 1. The molecule has 0 spiro atoms. The third-order valence-electron chi connectivity index (χ3n) is 3.56. The summed E-state index contributed by atoms with van der Waals surface area (Å²) in [5, 5.41) is 8.54. The van der Waals surface area contributed by atoms with Gasteiger partial charge in [-0.05, 0) is 32.9 Å². The van der Waals surface area contributed by atoms with E-state index in [9.17, 15) is 4.79 Å². The predicted molar refractivity (Wildman–Crippen MR) is 82.6 cm³/mol. The molecule has 1 unspecified atom stereocenters. The highest BCUT2D eigenvalue weighted by Crippen LogP contribution is 2.26. The summed E-state index contributed by atoms with van der Waals surface area (Å²) >= 11 is 0. The minimum absolute atomic E-state index is 0.0510. The van der Waals surface area contributed by atoms with Gasteiger partial charge in [0.05, 0.1) is 6.04 Å². The lowest BCUT2D eigenvalue weighted by Crippen LogP contribution is -2.49. The van der Waals surface area contributed by atoms with E-state index in [2.05, 4.69) is 10.5 Å². The van der Waals surface area contributed by atoms with Crippen molar-refractivity contribution in [1.82, 2.24) is 15.4 Å². The molecule has 1 saturated heterocycles. The molecule has 3 rings (SSSR count). The van der Waals surface area contributed by atoms with Gasteiger partial charge in [0.1, 0.15) is 11.3 Å². The fourth-order valence-electron chi connectivity index (χ4n) is 2.58. The van der Waals surface area contributed by atoms with E-state index in [0.717, 1.165) is 16.7 Å². The van der Waals surface area contributed by atoms with E-state index in [1.54, 1.807) is 4.90 Å². The first-order chi connectivity index (χ1) is 10.4. The fourth-order valence-corrected chi connectivity index (χ4v) is 2.58. The summed E-state index contributed by atoms with van der Waals surface area (Å²) in [6.45, 7) is 7.46. The molecule has 22 heavy (non-hydrogen) atoms. The first kappa shape index (κ1) is 14.8. The molecule has 1 amide bonds. The van der Waals surface area contributed by atoms with Crippen molar-refractivity contribution < 1.29 is 14.1 Å². The third-order valence-corrected chi connectivity index (χ3v) is 3.56. The first-order valence-corrected chi connectivity index (χ1v) is 7.50. The quantitative estimate of drug-likeness (QED) is 0.877. The van der Waals surface area contributed by atoms with Crippen LogP contribution in [0.25, 0.3) is 11.0 Å². The lowest BCUT2D eigenvalue weighted by Gasteiger charge is -2.34. The van der Waals surface area contributed by atoms with Crippen molar-refractivity contribution in [3.05, 3.63) is 30.0 Å². The Balaban J connectivity index is 1.77. The second-order valence-electron chi connectivity index (χ2n) is 6.50. The summed E-state index contributed by atoms with van der Waals surface area (Å²) in [6.07, 6.45) is -0.285. The highest BCUT2D eigenvalue weighted by Gasteiger charge is 2.30. The molecule has 1 fully saturated rings. The largest absolute Gasteiger partial charge is 0.444 e. The number of aromatic nitrogens is 1. The van der Waals surface area contributed by atoms with E-state index in [1.807, 2.05) is 45.0 Å². The van der Waals surface area contributed by atoms with Gasteiger partial charge in [-0.15, -0.1) is 0 Å². The van der Waals surface area contributed by atoms with Gasteiger partial charge in [0, 0.05) is 25.0 Å². The van der Waals surface area contributed by atoms with Crippen molar-refractivity contribution in [2.75, 3.05) is 19.6 Å². The number of carbonyl (C=O) groups excluding carboxylic acids is 1. The van der Waals surface area contributed by atoms with Crippen molar-refractivity contribution in [2.45, 2.75) is 32.4 Å². The zero-order valence-corrected chi connectivity index (χ0v) is 13.1. The van der Waals surface area contributed by atoms with Gasteiger partial charge >= 0.3 is 6.09 Å². The molecular weight excluding hydrogens is 282 g/mol. The number of nitrogens with one attached hydrogen (secondary N) is 1. The average molecular weight is 303 g/mol. The van der Waals surface area contributed by atoms with Gasteiger partial charge in [-0.1, -0.05) is 17.3 Å². The van der Waals surface area contributed by atoms with Crippen LogP contribution in [0.4, 0.5) is 4.79 Å². The normalized spacial score (nSPS) is 19.4. The molecule has 1 aliphatic heterocycles. The Hall–Kier alpha value is -2.08. The minimum atomic E-state index is -0.488. The molecule has 6 heteroatoms. The zero-order valence-electron chi connectivity index (χ0n) is 13.1. The number of benzene rings is 1. The van der Waals surface area contributed by atoms with Crippen LogP contribution in [-0.2, 0) is 4.74 Å². The minimum Gasteiger partial charge on any atom is -0.444 e. The van der Waals surface area contributed by atoms with Gasteiger partial charge < -0.3 is 19.5 Å². The molecule has 0 saturated carbocycles. The summed E-state index contributed by atoms with van der Waals surface area (Å²) in [4.78, 5) is 13.9. The smallest absolute Gasteiger partial charge is 0.410 e. The molecule has 6 nitrogen and oxygen atoms in total. The number of rotatable bonds is 1. The summed E-state index contributed by atoms with van der Waals surface area (Å²) in [5.41, 5.74) is 1.11. The van der Waals surface area contributed by atoms with Crippen LogP contribution < -0.4 is 5.32 Å². The van der Waals surface area contributed by atoms with Crippen molar-refractivity contribution in [1.29, 1.82) is 0 Å². The van der Waals surface area contributed by atoms with Gasteiger partial charge in [0.2, 0.25) is 0 Å². The van der Waals surface area contributed by atoms with Crippen molar-refractivity contribution >= 4 is 17.1 Å². The monoisotopic (exact) mass is 303 g/mol. The Kier molecular flexibility index (Phi) is 3.78. The average Bonchev–Trinajstić information content (AvgIpc) is 2.89. The molecule has 2 aromatic rings. The van der Waals surface area contributed by atoms with Crippen LogP contribution >= 0.6 is 0 Å². The van der Waals surface area contributed by atoms with E-state index in [0.29, 0.717) is 19.6 Å². The summed E-state index contributed by atoms with van der Waals surface area (Å²) < 4.78 is 10.8. The van der Waals surface area contributed by atoms with Crippen LogP contribution in [0.1, 0.15) is 32.5 Å². The molecule has 0 radical (unpaired) electrons. The number of hydrogen-bond acceptors (Lipinski definition) is 5. The number of piperazine rings is 1. The molecule has 1 aromatic heterocycles. The van der Waals surface area contributed by atoms with Gasteiger partial charge in [-0.25, -0.2) is 4.79 Å². The van der Waals surface area contributed by atoms with Crippen LogP contribution in [0.5, 0.6) is 0 Å². The maximum Gasteiger partial charge on any atom is 0.410 e. The number of nitrogens with zero attached hydrogens (tertiary/aromatic N) is 2. The second kappa shape index (κ2) is 5.61. The van der Waals surface area contributed by atoms with Gasteiger partial charge in [-0.3, -0.25) is 0 Å². The van der Waals surface area contributed by atoms with Gasteiger partial charge in [-0.2, -0.15) is 0 Å². The van der Waals surface area contributed by atoms with Crippen molar-refractivity contribution in [2.24, 2.45) is 0 Å². The van der Waals surface area contributed by atoms with Crippen molar-refractivity contribution in [3.63, 3.8) is 0 Å². The van der Waals surface area contributed by atoms with Crippen LogP contribution in [-0.4, -0.2) is 41.4 Å². The summed E-state index contributed by atoms with van der Waals surface area (Å²) in [5.74, 6) is 0. The molecule has 0 aliphatic carbocycles. The highest BCUT2D eigenvalue weighted by molar-refractivity contribution is 5.79. The standard InChI is InChI=1S/C16H21N3O3/c1-16(2,3)21-15(20)19-9-8-17-12(10-19)14-11-6-4-5-7-13(11)22-18-14/h4-7,12,17H,8-10H2,1-3H3. The molecule has 1 N–H and O–H groups in total. The Labute approximate surface area is 129 Å². The lowest BCUT2D eigenvalue weighted by molar-refractivity contribution is 0.0193. The zero-order chi connectivity index (χ0) is 15.7. The Morgan fingerprint density at radius 1 is 1.41 bits per heavy atom. The molecule has 118 valence electrons. The Morgan fingerprint density at radius 2 is 2.18 bits per heavy atom. The van der Waals surface area contributed by atoms with Crippen molar-refractivity contribution in [3.8, 4) is 0 Å². The van der Waals surface area contributed by atoms with E-state index in [-0.39, 0.29) is 12.1 Å². The SMILES string of the molecule is CC(C)(C)OC(=O)N1CCNC(c2noc3ccccc23)C1. The summed E-state index contributed by atoms with van der Waals surface area (Å²) in [6, 6.07) is 7.69. The Morgan fingerprint density at radius 3 is 2.95 bits per heavy atom. The van der Waals surface area contributed by atoms with E-state index in [1.165, 1.54) is 0 Å². The summed E-state index contributed by atoms with van der Waals surface area (Å²) in [7, 11) is 0. The van der Waals surface area contributed by atoms with E-state index < -0.39 is 5.60 Å². The highest BCUT2D eigenvalue weighted by atomic mass is 16.6. The molecule has 1 atom stereocenters.